The Labute approximate surface area is 122 Å². The fraction of sp³-hybridized carbons (Fsp3) is 0.769. The Bertz CT molecular complexity index is 405. The van der Waals surface area contributed by atoms with Gasteiger partial charge in [-0.2, -0.15) is 0 Å². The van der Waals surface area contributed by atoms with E-state index in [0.29, 0.717) is 26.3 Å². The first kappa shape index (κ1) is 15.6. The van der Waals surface area contributed by atoms with Gasteiger partial charge < -0.3 is 25.4 Å². The van der Waals surface area contributed by atoms with Crippen LogP contribution in [-0.2, 0) is 14.3 Å². The molecule has 1 heterocycles. The minimum atomic E-state index is -1.02. The van der Waals surface area contributed by atoms with E-state index in [1.165, 1.54) is 0 Å². The van der Waals surface area contributed by atoms with Gasteiger partial charge in [-0.15, -0.1) is 0 Å². The third-order valence-corrected chi connectivity index (χ3v) is 3.63. The van der Waals surface area contributed by atoms with Gasteiger partial charge in [0, 0.05) is 26.1 Å². The number of nitrogens with one attached hydrogen (secondary N) is 2. The lowest BCUT2D eigenvalue weighted by Crippen LogP contribution is -2.48. The summed E-state index contributed by atoms with van der Waals surface area (Å²) in [5.41, 5.74) is 0. The van der Waals surface area contributed by atoms with E-state index in [1.54, 1.807) is 4.90 Å². The summed E-state index contributed by atoms with van der Waals surface area (Å²) in [7, 11) is 0. The molecule has 2 fully saturated rings. The van der Waals surface area contributed by atoms with Crippen LogP contribution in [0.25, 0.3) is 0 Å². The molecule has 1 aliphatic heterocycles. The normalized spacial score (nSPS) is 19.7. The number of urea groups is 1. The minimum Gasteiger partial charge on any atom is -0.480 e. The largest absolute Gasteiger partial charge is 0.480 e. The number of aliphatic carboxylic acids is 1. The molecular weight excluding hydrogens is 278 g/mol. The SMILES string of the molecule is O=C(NCCC(=O)N1CCOCC1)NC(C(=O)O)C1CC1. The van der Waals surface area contributed by atoms with Gasteiger partial charge in [-0.25, -0.2) is 9.59 Å². The third kappa shape index (κ3) is 4.89. The molecule has 0 radical (unpaired) electrons. The number of hydrogen-bond donors (Lipinski definition) is 3. The van der Waals surface area contributed by atoms with Crippen molar-refractivity contribution in [1.82, 2.24) is 15.5 Å². The molecule has 8 heteroatoms. The molecule has 0 bridgehead atoms. The summed E-state index contributed by atoms with van der Waals surface area (Å²) in [6.07, 6.45) is 1.86. The lowest BCUT2D eigenvalue weighted by atomic mass is 10.2. The maximum atomic E-state index is 11.8. The Morgan fingerprint density at radius 2 is 1.90 bits per heavy atom. The monoisotopic (exact) mass is 299 g/mol. The first-order chi connectivity index (χ1) is 10.1. The number of hydrogen-bond acceptors (Lipinski definition) is 4. The topological polar surface area (TPSA) is 108 Å². The quantitative estimate of drug-likeness (QED) is 0.607. The summed E-state index contributed by atoms with van der Waals surface area (Å²) < 4.78 is 5.16. The van der Waals surface area contributed by atoms with Crippen LogP contribution in [0.4, 0.5) is 4.79 Å². The first-order valence-electron chi connectivity index (χ1n) is 7.20. The summed E-state index contributed by atoms with van der Waals surface area (Å²) in [4.78, 5) is 36.1. The van der Waals surface area contributed by atoms with Gasteiger partial charge >= 0.3 is 12.0 Å². The highest BCUT2D eigenvalue weighted by Gasteiger charge is 2.37. The lowest BCUT2D eigenvalue weighted by molar-refractivity contribution is -0.139. The molecule has 0 spiro atoms. The number of carboxylic acid groups (broad SMARTS) is 1. The van der Waals surface area contributed by atoms with Gasteiger partial charge in [-0.3, -0.25) is 4.79 Å². The van der Waals surface area contributed by atoms with Crippen LogP contribution < -0.4 is 10.6 Å². The van der Waals surface area contributed by atoms with E-state index >= 15 is 0 Å². The predicted molar refractivity (Wildman–Crippen MR) is 72.7 cm³/mol. The molecule has 0 aromatic heterocycles. The van der Waals surface area contributed by atoms with Gasteiger partial charge in [0.2, 0.25) is 5.91 Å². The van der Waals surface area contributed by atoms with Crippen molar-refractivity contribution in [2.45, 2.75) is 25.3 Å². The summed E-state index contributed by atoms with van der Waals surface area (Å²) in [5, 5.41) is 14.0. The van der Waals surface area contributed by atoms with Gasteiger partial charge in [0.15, 0.2) is 0 Å². The summed E-state index contributed by atoms with van der Waals surface area (Å²) >= 11 is 0. The number of morpholine rings is 1. The molecule has 2 rings (SSSR count). The molecule has 3 amide bonds. The van der Waals surface area contributed by atoms with E-state index in [9.17, 15) is 14.4 Å². The number of carbonyl (C=O) groups is 3. The smallest absolute Gasteiger partial charge is 0.326 e. The van der Waals surface area contributed by atoms with Crippen molar-refractivity contribution in [3.05, 3.63) is 0 Å². The van der Waals surface area contributed by atoms with E-state index < -0.39 is 18.0 Å². The molecule has 1 saturated carbocycles. The van der Waals surface area contributed by atoms with Crippen LogP contribution in [0.5, 0.6) is 0 Å². The van der Waals surface area contributed by atoms with E-state index in [-0.39, 0.29) is 24.8 Å². The second-order valence-electron chi connectivity index (χ2n) is 5.30. The zero-order chi connectivity index (χ0) is 15.2. The Morgan fingerprint density at radius 3 is 2.48 bits per heavy atom. The Balaban J connectivity index is 1.64. The number of rotatable bonds is 6. The second kappa shape index (κ2) is 7.26. The van der Waals surface area contributed by atoms with Crippen LogP contribution in [0.3, 0.4) is 0 Å². The molecule has 0 aromatic rings. The van der Waals surface area contributed by atoms with Crippen LogP contribution in [0, 0.1) is 5.92 Å². The van der Waals surface area contributed by atoms with E-state index in [4.69, 9.17) is 9.84 Å². The summed E-state index contributed by atoms with van der Waals surface area (Å²) in [6, 6.07) is -1.37. The summed E-state index contributed by atoms with van der Waals surface area (Å²) in [5.74, 6) is -1.02. The second-order valence-corrected chi connectivity index (χ2v) is 5.30. The fourth-order valence-corrected chi connectivity index (χ4v) is 2.26. The number of carbonyl (C=O) groups excluding carboxylic acids is 2. The van der Waals surface area contributed by atoms with Crippen molar-refractivity contribution in [1.29, 1.82) is 0 Å². The molecule has 2 aliphatic rings. The highest BCUT2D eigenvalue weighted by molar-refractivity contribution is 5.83. The van der Waals surface area contributed by atoms with E-state index in [1.807, 2.05) is 0 Å². The van der Waals surface area contributed by atoms with Crippen LogP contribution in [0.1, 0.15) is 19.3 Å². The Morgan fingerprint density at radius 1 is 1.24 bits per heavy atom. The summed E-state index contributed by atoms with van der Waals surface area (Å²) in [6.45, 7) is 2.43. The van der Waals surface area contributed by atoms with Crippen molar-refractivity contribution in [3.63, 3.8) is 0 Å². The van der Waals surface area contributed by atoms with E-state index in [0.717, 1.165) is 12.8 Å². The lowest BCUT2D eigenvalue weighted by Gasteiger charge is -2.26. The number of amides is 3. The first-order valence-corrected chi connectivity index (χ1v) is 7.20. The van der Waals surface area contributed by atoms with Gasteiger partial charge in [0.25, 0.3) is 0 Å². The van der Waals surface area contributed by atoms with Crippen LogP contribution in [-0.4, -0.2) is 66.8 Å². The van der Waals surface area contributed by atoms with Crippen LogP contribution >= 0.6 is 0 Å². The highest BCUT2D eigenvalue weighted by Crippen LogP contribution is 2.32. The van der Waals surface area contributed by atoms with Crippen molar-refractivity contribution in [2.75, 3.05) is 32.8 Å². The zero-order valence-corrected chi connectivity index (χ0v) is 11.8. The van der Waals surface area contributed by atoms with Crippen molar-refractivity contribution in [3.8, 4) is 0 Å². The molecule has 1 aliphatic carbocycles. The van der Waals surface area contributed by atoms with Gasteiger partial charge in [-0.1, -0.05) is 0 Å². The maximum absolute atomic E-state index is 11.8. The third-order valence-electron chi connectivity index (χ3n) is 3.63. The van der Waals surface area contributed by atoms with Crippen LogP contribution in [0.2, 0.25) is 0 Å². The predicted octanol–water partition coefficient (Wildman–Crippen LogP) is -0.602. The molecule has 21 heavy (non-hydrogen) atoms. The van der Waals surface area contributed by atoms with Gasteiger partial charge in [-0.05, 0) is 18.8 Å². The maximum Gasteiger partial charge on any atom is 0.326 e. The Hall–Kier alpha value is -1.83. The highest BCUT2D eigenvalue weighted by atomic mass is 16.5. The van der Waals surface area contributed by atoms with Crippen molar-refractivity contribution in [2.24, 2.45) is 5.92 Å². The van der Waals surface area contributed by atoms with Crippen molar-refractivity contribution < 1.29 is 24.2 Å². The number of ether oxygens (including phenoxy) is 1. The Kier molecular flexibility index (Phi) is 5.38. The molecule has 8 nitrogen and oxygen atoms in total. The van der Waals surface area contributed by atoms with Crippen LogP contribution in [0.15, 0.2) is 0 Å². The molecule has 1 saturated heterocycles. The molecule has 0 aromatic carbocycles. The van der Waals surface area contributed by atoms with Gasteiger partial charge in [0.1, 0.15) is 6.04 Å². The average Bonchev–Trinajstić information content (AvgIpc) is 3.30. The molecule has 118 valence electrons. The molecule has 3 N–H and O–H groups in total. The number of nitrogens with zero attached hydrogens (tertiary/aromatic N) is 1. The fourth-order valence-electron chi connectivity index (χ4n) is 2.26. The van der Waals surface area contributed by atoms with Gasteiger partial charge in [0.05, 0.1) is 13.2 Å². The standard InChI is InChI=1S/C13H21N3O5/c17-10(16-5-7-21-8-6-16)3-4-14-13(20)15-11(12(18)19)9-1-2-9/h9,11H,1-8H2,(H,18,19)(H2,14,15,20). The number of carboxylic acids is 1. The zero-order valence-electron chi connectivity index (χ0n) is 11.8. The van der Waals surface area contributed by atoms with Crippen molar-refractivity contribution >= 4 is 17.9 Å². The molecule has 1 unspecified atom stereocenters. The minimum absolute atomic E-state index is 0.0308. The van der Waals surface area contributed by atoms with E-state index in [2.05, 4.69) is 10.6 Å². The molecular formula is C13H21N3O5. The average molecular weight is 299 g/mol. The molecule has 1 atom stereocenters.